The monoisotopic (exact) mass is 345 g/mol. The summed E-state index contributed by atoms with van der Waals surface area (Å²) in [5.41, 5.74) is -2.56. The molecule has 0 aliphatic rings. The zero-order chi connectivity index (χ0) is 17.4. The Kier molecular flexibility index (Phi) is 4.08. The molecule has 0 fully saturated rings. The third-order valence-corrected chi connectivity index (χ3v) is 4.87. The molecule has 1 aromatic carbocycles. The Labute approximate surface area is 129 Å². The Balaban J connectivity index is 2.69. The minimum absolute atomic E-state index is 0.272. The van der Waals surface area contributed by atoms with E-state index in [1.165, 1.54) is 37.4 Å². The van der Waals surface area contributed by atoms with E-state index in [0.717, 1.165) is 7.05 Å². The number of hydrogen-bond acceptors (Lipinski definition) is 5. The highest BCUT2D eigenvalue weighted by Gasteiger charge is 2.42. The second-order valence-corrected chi connectivity index (χ2v) is 6.31. The van der Waals surface area contributed by atoms with Crippen LogP contribution in [0.5, 0.6) is 5.75 Å². The van der Waals surface area contributed by atoms with Crippen LogP contribution < -0.4 is 4.74 Å². The van der Waals surface area contributed by atoms with Gasteiger partial charge in [-0.05, 0) is 24.3 Å². The molecule has 0 aliphatic heterocycles. The van der Waals surface area contributed by atoms with Gasteiger partial charge < -0.3 is 4.74 Å². The number of nitrogens with zero attached hydrogens (tertiary/aromatic N) is 3. The highest BCUT2D eigenvalue weighted by atomic mass is 32.2. The Hall–Kier alpha value is -2.54. The van der Waals surface area contributed by atoms with Crippen molar-refractivity contribution in [2.45, 2.75) is 16.1 Å². The van der Waals surface area contributed by atoms with Gasteiger partial charge in [-0.1, -0.05) is 0 Å². The smallest absolute Gasteiger partial charge is 0.436 e. The maximum absolute atomic E-state index is 12.9. The molecule has 0 aliphatic carbocycles. The highest BCUT2D eigenvalue weighted by Crippen LogP contribution is 2.35. The molecule has 122 valence electrons. The predicted molar refractivity (Wildman–Crippen MR) is 71.4 cm³/mol. The van der Waals surface area contributed by atoms with E-state index in [1.54, 1.807) is 0 Å². The minimum Gasteiger partial charge on any atom is -0.497 e. The Morgan fingerprint density at radius 1 is 1.26 bits per heavy atom. The fraction of sp³-hybridized carbons (Fsp3) is 0.231. The van der Waals surface area contributed by atoms with Crippen LogP contribution in [0, 0.1) is 11.3 Å². The van der Waals surface area contributed by atoms with Crippen LogP contribution in [0.1, 0.15) is 11.3 Å². The summed E-state index contributed by atoms with van der Waals surface area (Å²) in [6, 6.07) is 6.33. The van der Waals surface area contributed by atoms with E-state index in [4.69, 9.17) is 10.00 Å². The second-order valence-electron chi connectivity index (χ2n) is 4.44. The van der Waals surface area contributed by atoms with Gasteiger partial charge in [-0.25, -0.2) is 8.42 Å². The molecular formula is C13H10F3N3O3S. The zero-order valence-corrected chi connectivity index (χ0v) is 12.7. The molecule has 0 bridgehead atoms. The van der Waals surface area contributed by atoms with E-state index in [-0.39, 0.29) is 4.90 Å². The number of nitriles is 1. The van der Waals surface area contributed by atoms with Gasteiger partial charge in [0.15, 0.2) is 10.7 Å². The third kappa shape index (κ3) is 2.87. The predicted octanol–water partition coefficient (Wildman–Crippen LogP) is 2.15. The van der Waals surface area contributed by atoms with Crippen LogP contribution >= 0.6 is 0 Å². The van der Waals surface area contributed by atoms with Gasteiger partial charge in [-0.15, -0.1) is 0 Å². The molecule has 0 spiro atoms. The maximum atomic E-state index is 12.9. The van der Waals surface area contributed by atoms with Crippen molar-refractivity contribution in [1.29, 1.82) is 5.26 Å². The Bertz CT molecular complexity index is 878. The van der Waals surface area contributed by atoms with Crippen molar-refractivity contribution < 1.29 is 26.3 Å². The van der Waals surface area contributed by atoms with E-state index in [2.05, 4.69) is 5.10 Å². The van der Waals surface area contributed by atoms with E-state index in [9.17, 15) is 21.6 Å². The van der Waals surface area contributed by atoms with Crippen molar-refractivity contribution in [1.82, 2.24) is 9.78 Å². The lowest BCUT2D eigenvalue weighted by atomic mass is 10.2. The highest BCUT2D eigenvalue weighted by molar-refractivity contribution is 7.91. The van der Waals surface area contributed by atoms with E-state index < -0.39 is 32.3 Å². The lowest BCUT2D eigenvalue weighted by molar-refractivity contribution is -0.141. The van der Waals surface area contributed by atoms with E-state index >= 15 is 0 Å². The van der Waals surface area contributed by atoms with Crippen molar-refractivity contribution in [2.75, 3.05) is 7.11 Å². The summed E-state index contributed by atoms with van der Waals surface area (Å²) >= 11 is 0. The van der Waals surface area contributed by atoms with Crippen LogP contribution in [0.25, 0.3) is 0 Å². The largest absolute Gasteiger partial charge is 0.497 e. The van der Waals surface area contributed by atoms with Gasteiger partial charge in [0.1, 0.15) is 17.4 Å². The molecule has 0 atom stereocenters. The fourth-order valence-corrected chi connectivity index (χ4v) is 3.50. The molecule has 0 saturated heterocycles. The molecule has 0 unspecified atom stereocenters. The first-order chi connectivity index (χ1) is 10.6. The first-order valence-electron chi connectivity index (χ1n) is 6.06. The van der Waals surface area contributed by atoms with E-state index in [1.807, 2.05) is 0 Å². The average molecular weight is 345 g/mol. The first-order valence-corrected chi connectivity index (χ1v) is 7.54. The van der Waals surface area contributed by atoms with Crippen LogP contribution in [0.3, 0.4) is 0 Å². The van der Waals surface area contributed by atoms with Crippen LogP contribution in [0.4, 0.5) is 13.2 Å². The summed E-state index contributed by atoms with van der Waals surface area (Å²) in [4.78, 5) is -0.272. The van der Waals surface area contributed by atoms with Crippen molar-refractivity contribution in [2.24, 2.45) is 7.05 Å². The Morgan fingerprint density at radius 2 is 1.83 bits per heavy atom. The molecule has 10 heteroatoms. The normalized spacial score (nSPS) is 12.0. The number of halogens is 3. The van der Waals surface area contributed by atoms with Crippen molar-refractivity contribution in [3.05, 3.63) is 35.5 Å². The second kappa shape index (κ2) is 5.58. The van der Waals surface area contributed by atoms with Crippen molar-refractivity contribution >= 4 is 9.84 Å². The standard InChI is InChI=1S/C13H10F3N3O3S/c1-19-12(10(7-17)11(18-19)13(14,15)16)23(20,21)9-5-3-8(22-2)4-6-9/h3-6H,1-2H3. The molecule has 0 N–H and O–H groups in total. The van der Waals surface area contributed by atoms with Crippen LogP contribution in [-0.4, -0.2) is 25.3 Å². The number of aryl methyl sites for hydroxylation is 1. The summed E-state index contributed by atoms with van der Waals surface area (Å²) < 4.78 is 69.2. The van der Waals surface area contributed by atoms with Gasteiger partial charge in [-0.3, -0.25) is 4.68 Å². The van der Waals surface area contributed by atoms with Crippen LogP contribution in [0.15, 0.2) is 34.2 Å². The average Bonchev–Trinajstić information content (AvgIpc) is 2.84. The molecule has 0 saturated carbocycles. The number of hydrogen-bond donors (Lipinski definition) is 0. The van der Waals surface area contributed by atoms with Crippen LogP contribution in [-0.2, 0) is 23.1 Å². The first kappa shape index (κ1) is 16.8. The maximum Gasteiger partial charge on any atom is 0.436 e. The lowest BCUT2D eigenvalue weighted by Gasteiger charge is -2.06. The topological polar surface area (TPSA) is 85.0 Å². The van der Waals surface area contributed by atoms with E-state index in [0.29, 0.717) is 10.4 Å². The number of ether oxygens (including phenoxy) is 1. The summed E-state index contributed by atoms with van der Waals surface area (Å²) in [5, 5.41) is 11.3. The SMILES string of the molecule is COc1ccc(S(=O)(=O)c2c(C#N)c(C(F)(F)F)nn2C)cc1. The van der Waals surface area contributed by atoms with Gasteiger partial charge in [0.2, 0.25) is 9.84 Å². The summed E-state index contributed by atoms with van der Waals surface area (Å²) in [7, 11) is -1.94. The molecule has 1 aromatic heterocycles. The number of sulfone groups is 1. The molecule has 0 radical (unpaired) electrons. The number of methoxy groups -OCH3 is 1. The van der Waals surface area contributed by atoms with Gasteiger partial charge in [0, 0.05) is 7.05 Å². The number of benzene rings is 1. The molecule has 6 nitrogen and oxygen atoms in total. The minimum atomic E-state index is -4.93. The molecule has 2 aromatic rings. The quantitative estimate of drug-likeness (QED) is 0.851. The van der Waals surface area contributed by atoms with Crippen molar-refractivity contribution in [3.63, 3.8) is 0 Å². The van der Waals surface area contributed by atoms with Gasteiger partial charge >= 0.3 is 6.18 Å². The fourth-order valence-electron chi connectivity index (χ4n) is 1.98. The summed E-state index contributed by atoms with van der Waals surface area (Å²) in [5.74, 6) is 0.380. The third-order valence-electron chi connectivity index (χ3n) is 3.00. The number of rotatable bonds is 3. The lowest BCUT2D eigenvalue weighted by Crippen LogP contribution is -2.10. The molecule has 0 amide bonds. The van der Waals surface area contributed by atoms with Crippen molar-refractivity contribution in [3.8, 4) is 11.8 Å². The van der Waals surface area contributed by atoms with Crippen LogP contribution in [0.2, 0.25) is 0 Å². The number of alkyl halides is 3. The van der Waals surface area contributed by atoms with Gasteiger partial charge in [0.25, 0.3) is 0 Å². The molecule has 2 rings (SSSR count). The van der Waals surface area contributed by atoms with Gasteiger partial charge in [-0.2, -0.15) is 23.5 Å². The zero-order valence-electron chi connectivity index (χ0n) is 11.9. The molecular weight excluding hydrogens is 335 g/mol. The number of aromatic nitrogens is 2. The summed E-state index contributed by atoms with van der Waals surface area (Å²) in [6.07, 6.45) is -4.93. The van der Waals surface area contributed by atoms with Gasteiger partial charge in [0.05, 0.1) is 12.0 Å². The molecule has 23 heavy (non-hydrogen) atoms. The summed E-state index contributed by atoms with van der Waals surface area (Å²) in [6.45, 7) is 0. The molecule has 1 heterocycles. The Morgan fingerprint density at radius 3 is 2.26 bits per heavy atom.